The lowest BCUT2D eigenvalue weighted by Gasteiger charge is -2.39. The van der Waals surface area contributed by atoms with Gasteiger partial charge in [-0.15, -0.1) is 0 Å². The molecule has 0 unspecified atom stereocenters. The Balaban J connectivity index is 1.39. The van der Waals surface area contributed by atoms with Crippen molar-refractivity contribution >= 4 is 22.8 Å². The maximum atomic E-state index is 13.5. The molecule has 2 bridgehead atoms. The van der Waals surface area contributed by atoms with Crippen molar-refractivity contribution in [3.05, 3.63) is 58.9 Å². The van der Waals surface area contributed by atoms with Crippen LogP contribution in [0.25, 0.3) is 11.0 Å². The third-order valence-electron chi connectivity index (χ3n) is 7.55. The summed E-state index contributed by atoms with van der Waals surface area (Å²) in [7, 11) is 0. The molecular weight excluding hydrogens is 504 g/mol. The molecule has 0 aliphatic carbocycles. The summed E-state index contributed by atoms with van der Waals surface area (Å²) in [6, 6.07) is 9.89. The van der Waals surface area contributed by atoms with E-state index in [0.717, 1.165) is 4.90 Å². The minimum absolute atomic E-state index is 0.0103. The molecule has 2 aromatic carbocycles. The molecule has 3 aliphatic heterocycles. The number of carbonyl (C=O) groups is 2. The van der Waals surface area contributed by atoms with Crippen LogP contribution in [-0.2, 0) is 4.79 Å². The number of ether oxygens (including phenoxy) is 1. The zero-order chi connectivity index (χ0) is 30.1. The highest BCUT2D eigenvalue weighted by Crippen LogP contribution is 2.50. The second-order valence-corrected chi connectivity index (χ2v) is 10.5. The van der Waals surface area contributed by atoms with E-state index in [-0.39, 0.29) is 35.1 Å². The Bertz CT molecular complexity index is 1740. The van der Waals surface area contributed by atoms with Crippen molar-refractivity contribution in [3.63, 3.8) is 0 Å². The van der Waals surface area contributed by atoms with Gasteiger partial charge in [-0.05, 0) is 44.2 Å². The Morgan fingerprint density at radius 3 is 2.77 bits per heavy atom. The molecule has 0 N–H and O–H groups in total. The van der Waals surface area contributed by atoms with E-state index in [1.165, 1.54) is 18.2 Å². The Morgan fingerprint density at radius 1 is 1.26 bits per heavy atom. The van der Waals surface area contributed by atoms with Gasteiger partial charge >= 0.3 is 6.61 Å². The topological polar surface area (TPSA) is 91.5 Å². The van der Waals surface area contributed by atoms with Crippen LogP contribution in [0.15, 0.2) is 36.4 Å². The molecule has 6 rings (SSSR count). The Hall–Kier alpha value is -4.44. The highest BCUT2D eigenvalue weighted by Gasteiger charge is 2.45. The molecule has 0 radical (unpaired) electrons. The van der Waals surface area contributed by atoms with E-state index in [1.54, 1.807) is 41.5 Å². The number of halogens is 2. The molecule has 2 amide bonds. The van der Waals surface area contributed by atoms with Crippen LogP contribution in [0.4, 0.5) is 8.78 Å². The number of hydrogen-bond acceptors (Lipinski definition) is 5. The van der Waals surface area contributed by atoms with Gasteiger partial charge in [-0.3, -0.25) is 9.59 Å². The van der Waals surface area contributed by atoms with Crippen LogP contribution >= 0.6 is 0 Å². The normalized spacial score (nSPS) is 21.5. The van der Waals surface area contributed by atoms with Crippen molar-refractivity contribution in [1.82, 2.24) is 19.4 Å². The molecule has 39 heavy (non-hydrogen) atoms. The number of nitrogens with zero attached hydrogens (tertiary/aromatic N) is 5. The summed E-state index contributed by atoms with van der Waals surface area (Å²) in [5.74, 6) is 5.35. The number of imidazole rings is 1. The molecule has 8 nitrogen and oxygen atoms in total. The van der Waals surface area contributed by atoms with E-state index in [0.29, 0.717) is 35.5 Å². The van der Waals surface area contributed by atoms with Crippen molar-refractivity contribution in [2.24, 2.45) is 11.3 Å². The molecule has 3 aromatic rings. The molecule has 2 atom stereocenters. The fourth-order valence-electron chi connectivity index (χ4n) is 5.55. The zero-order valence-corrected chi connectivity index (χ0v) is 21.1. The number of likely N-dealkylation sites (tertiary alicyclic amines) is 1. The Morgan fingerprint density at radius 2 is 2.05 bits per heavy atom. The quantitative estimate of drug-likeness (QED) is 0.474. The largest absolute Gasteiger partial charge is 0.434 e. The number of aromatic nitrogens is 2. The molecule has 0 spiro atoms. The summed E-state index contributed by atoms with van der Waals surface area (Å²) < 4.78 is 57.7. The second kappa shape index (κ2) is 8.81. The van der Waals surface area contributed by atoms with Crippen molar-refractivity contribution in [1.29, 1.82) is 5.26 Å². The first-order chi connectivity index (χ1) is 19.8. The highest BCUT2D eigenvalue weighted by atomic mass is 19.3. The highest BCUT2D eigenvalue weighted by molar-refractivity contribution is 5.98. The monoisotopic (exact) mass is 532 g/mol. The lowest BCUT2D eigenvalue weighted by Crippen LogP contribution is -2.53. The van der Waals surface area contributed by atoms with Gasteiger partial charge < -0.3 is 19.1 Å². The second-order valence-electron chi connectivity index (χ2n) is 10.5. The van der Waals surface area contributed by atoms with Gasteiger partial charge in [0.1, 0.15) is 17.0 Å². The SMILES string of the molecule is [2H]C([2H])([2H])N1C(=O)c2cccc(OC(F)F)c2[C@H]2C[C@@H]1c1nc3ccc(C#CC4CN(C(=O)C(C)(C)C#N)C4)cc3n12. The molecule has 198 valence electrons. The number of amides is 2. The smallest absolute Gasteiger partial charge is 0.387 e. The van der Waals surface area contributed by atoms with E-state index in [4.69, 9.17) is 8.85 Å². The predicted octanol–water partition coefficient (Wildman–Crippen LogP) is 4.12. The van der Waals surface area contributed by atoms with Crippen molar-refractivity contribution < 1.29 is 27.2 Å². The summed E-state index contributed by atoms with van der Waals surface area (Å²) in [5.41, 5.74) is 0.882. The van der Waals surface area contributed by atoms with Crippen molar-refractivity contribution in [3.8, 4) is 23.7 Å². The van der Waals surface area contributed by atoms with Gasteiger partial charge in [0.15, 0.2) is 0 Å². The molecule has 1 fully saturated rings. The molecule has 3 aliphatic rings. The van der Waals surface area contributed by atoms with Gasteiger partial charge in [-0.25, -0.2) is 4.98 Å². The maximum absolute atomic E-state index is 13.5. The van der Waals surface area contributed by atoms with Gasteiger partial charge in [0.05, 0.1) is 35.1 Å². The van der Waals surface area contributed by atoms with Crippen molar-refractivity contribution in [2.75, 3.05) is 20.1 Å². The van der Waals surface area contributed by atoms with Gasteiger partial charge in [-0.1, -0.05) is 17.9 Å². The van der Waals surface area contributed by atoms with Gasteiger partial charge in [0, 0.05) is 47.3 Å². The van der Waals surface area contributed by atoms with Crippen LogP contribution in [-0.4, -0.2) is 57.8 Å². The molecule has 4 heterocycles. The van der Waals surface area contributed by atoms with Gasteiger partial charge in [0.2, 0.25) is 5.91 Å². The molecule has 1 aromatic heterocycles. The summed E-state index contributed by atoms with van der Waals surface area (Å²) in [4.78, 5) is 33.1. The predicted molar refractivity (Wildman–Crippen MR) is 137 cm³/mol. The average Bonchev–Trinajstić information content (AvgIpc) is 3.39. The van der Waals surface area contributed by atoms with E-state index in [1.807, 2.05) is 6.07 Å². The van der Waals surface area contributed by atoms with Crippen LogP contribution < -0.4 is 4.74 Å². The lowest BCUT2D eigenvalue weighted by molar-refractivity contribution is -0.142. The van der Waals surface area contributed by atoms with Crippen LogP contribution in [0.1, 0.15) is 63.8 Å². The number of carbonyl (C=O) groups excluding carboxylic acids is 2. The number of fused-ring (bicyclic) bond motifs is 9. The minimum atomic E-state index is -3.14. The van der Waals surface area contributed by atoms with Gasteiger partial charge in [0.25, 0.3) is 5.91 Å². The van der Waals surface area contributed by atoms with Crippen LogP contribution in [0.3, 0.4) is 0 Å². The summed E-state index contributed by atoms with van der Waals surface area (Å²) in [5, 5.41) is 9.21. The summed E-state index contributed by atoms with van der Waals surface area (Å²) >= 11 is 0. The number of rotatable bonds is 3. The third kappa shape index (κ3) is 3.90. The maximum Gasteiger partial charge on any atom is 0.387 e. The zero-order valence-electron chi connectivity index (χ0n) is 24.1. The van der Waals surface area contributed by atoms with Crippen molar-refractivity contribution in [2.45, 2.75) is 39.0 Å². The summed E-state index contributed by atoms with van der Waals surface area (Å²) in [6.07, 6.45) is 0.125. The number of hydrogen-bond donors (Lipinski definition) is 0. The first-order valence-corrected chi connectivity index (χ1v) is 12.5. The first kappa shape index (κ1) is 21.5. The average molecular weight is 533 g/mol. The van der Waals surface area contributed by atoms with Crippen LogP contribution in [0, 0.1) is 34.5 Å². The fourth-order valence-corrected chi connectivity index (χ4v) is 5.55. The first-order valence-electron chi connectivity index (χ1n) is 14.0. The molecule has 1 saturated heterocycles. The van der Waals surface area contributed by atoms with Crippen LogP contribution in [0.2, 0.25) is 0 Å². The lowest BCUT2D eigenvalue weighted by atomic mass is 9.90. The van der Waals surface area contributed by atoms with E-state index in [2.05, 4.69) is 16.8 Å². The molecular formula is C29H25F2N5O3. The van der Waals surface area contributed by atoms with Crippen LogP contribution in [0.5, 0.6) is 5.75 Å². The van der Waals surface area contributed by atoms with Gasteiger partial charge in [-0.2, -0.15) is 14.0 Å². The standard InChI is InChI=1S/C29H25F2N5O3/c1-29(2,15-32)27(38)35-13-17(14-35)8-7-16-9-10-19-20(11-16)36-21-12-22(25(36)33-19)34(3)26(37)18-5-4-6-23(24(18)21)39-28(30)31/h4-6,9-11,17,21-22,28H,12-14H2,1-3H3/t21-,22-/m1/s1/i3D3. The molecule has 0 saturated carbocycles. The third-order valence-corrected chi connectivity index (χ3v) is 7.55. The Kier molecular flexibility index (Phi) is 4.85. The number of nitriles is 1. The van der Waals surface area contributed by atoms with E-state index >= 15 is 0 Å². The minimum Gasteiger partial charge on any atom is -0.434 e. The fraction of sp³-hybridized carbons (Fsp3) is 0.379. The number of benzene rings is 2. The van der Waals surface area contributed by atoms with E-state index in [9.17, 15) is 23.6 Å². The Labute approximate surface area is 228 Å². The van der Waals surface area contributed by atoms with E-state index < -0.39 is 37.0 Å². The number of alkyl halides is 2. The molecule has 10 heteroatoms. The summed E-state index contributed by atoms with van der Waals surface area (Å²) in [6.45, 7) is -1.94.